The summed E-state index contributed by atoms with van der Waals surface area (Å²) >= 11 is 0. The van der Waals surface area contributed by atoms with E-state index in [4.69, 9.17) is 0 Å². The van der Waals surface area contributed by atoms with E-state index >= 15 is 0 Å². The van der Waals surface area contributed by atoms with Gasteiger partial charge < -0.3 is 10.4 Å². The molecule has 3 rings (SSSR count). The second-order valence-electron chi connectivity index (χ2n) is 5.66. The highest BCUT2D eigenvalue weighted by Gasteiger charge is 2.18. The number of nitrogens with zero attached hydrogens (tertiary/aromatic N) is 2. The lowest BCUT2D eigenvalue weighted by molar-refractivity contribution is 0.116. The van der Waals surface area contributed by atoms with Gasteiger partial charge in [-0.15, -0.1) is 0 Å². The third-order valence-corrected chi connectivity index (χ3v) is 4.02. The first kappa shape index (κ1) is 14.2. The number of halogens is 1. The zero-order valence-electron chi connectivity index (χ0n) is 11.9. The fraction of sp³-hybridized carbons (Fsp3) is 0.438. The average molecular weight is 289 g/mol. The Bertz CT molecular complexity index is 573. The maximum atomic E-state index is 12.9. The minimum atomic E-state index is -0.243. The Morgan fingerprint density at radius 1 is 1.19 bits per heavy atom. The van der Waals surface area contributed by atoms with Gasteiger partial charge in [-0.3, -0.25) is 0 Å². The molecule has 112 valence electrons. The lowest BCUT2D eigenvalue weighted by Crippen LogP contribution is -2.34. The summed E-state index contributed by atoms with van der Waals surface area (Å²) in [6, 6.07) is 6.76. The lowest BCUT2D eigenvalue weighted by atomic mass is 9.93. The van der Waals surface area contributed by atoms with Crippen molar-refractivity contribution in [3.8, 4) is 5.69 Å². The summed E-state index contributed by atoms with van der Waals surface area (Å²) in [6.45, 7) is 0.766. The molecule has 1 fully saturated rings. The molecule has 0 aliphatic heterocycles. The van der Waals surface area contributed by atoms with Gasteiger partial charge in [-0.25, -0.2) is 9.07 Å². The fourth-order valence-corrected chi connectivity index (χ4v) is 2.73. The van der Waals surface area contributed by atoms with Crippen molar-refractivity contribution in [2.75, 3.05) is 0 Å². The molecule has 1 aliphatic rings. The summed E-state index contributed by atoms with van der Waals surface area (Å²) in [7, 11) is 0. The van der Waals surface area contributed by atoms with Crippen LogP contribution in [0.1, 0.15) is 31.2 Å². The quantitative estimate of drug-likeness (QED) is 0.908. The van der Waals surface area contributed by atoms with E-state index < -0.39 is 0 Å². The Morgan fingerprint density at radius 3 is 2.62 bits per heavy atom. The van der Waals surface area contributed by atoms with Crippen LogP contribution in [0.5, 0.6) is 0 Å². The largest absolute Gasteiger partial charge is 0.393 e. The molecule has 0 amide bonds. The van der Waals surface area contributed by atoms with E-state index in [1.165, 1.54) is 12.1 Å². The Morgan fingerprint density at radius 2 is 1.90 bits per heavy atom. The van der Waals surface area contributed by atoms with Crippen LogP contribution < -0.4 is 5.32 Å². The number of hydrogen-bond acceptors (Lipinski definition) is 3. The van der Waals surface area contributed by atoms with Crippen molar-refractivity contribution >= 4 is 0 Å². The smallest absolute Gasteiger partial charge is 0.123 e. The molecule has 4 nitrogen and oxygen atoms in total. The molecule has 0 saturated heterocycles. The number of benzene rings is 1. The minimum Gasteiger partial charge on any atom is -0.393 e. The molecule has 1 heterocycles. The summed E-state index contributed by atoms with van der Waals surface area (Å²) in [5.74, 6) is -0.243. The highest BCUT2D eigenvalue weighted by Crippen LogP contribution is 2.18. The highest BCUT2D eigenvalue weighted by molar-refractivity contribution is 5.31. The van der Waals surface area contributed by atoms with Gasteiger partial charge in [-0.2, -0.15) is 5.10 Å². The van der Waals surface area contributed by atoms with Crippen molar-refractivity contribution in [1.82, 2.24) is 15.1 Å². The van der Waals surface area contributed by atoms with Crippen LogP contribution in [0.3, 0.4) is 0 Å². The maximum Gasteiger partial charge on any atom is 0.123 e. The highest BCUT2D eigenvalue weighted by atomic mass is 19.1. The summed E-state index contributed by atoms with van der Waals surface area (Å²) in [5.41, 5.74) is 1.95. The molecule has 5 heteroatoms. The van der Waals surface area contributed by atoms with Crippen LogP contribution in [0.4, 0.5) is 4.39 Å². The van der Waals surface area contributed by atoms with Crippen LogP contribution in [-0.2, 0) is 6.54 Å². The third kappa shape index (κ3) is 3.68. The van der Waals surface area contributed by atoms with E-state index in [9.17, 15) is 9.50 Å². The van der Waals surface area contributed by atoms with Gasteiger partial charge in [0.25, 0.3) is 0 Å². The predicted molar refractivity (Wildman–Crippen MR) is 78.6 cm³/mol. The standard InChI is InChI=1S/C16H20FN3O/c17-13-1-5-15(6-2-13)20-11-12(10-19-20)9-18-14-3-7-16(21)8-4-14/h1-2,5-6,10-11,14,16,18,21H,3-4,7-9H2. The van der Waals surface area contributed by atoms with Crippen molar-refractivity contribution < 1.29 is 9.50 Å². The van der Waals surface area contributed by atoms with Gasteiger partial charge in [0, 0.05) is 24.3 Å². The van der Waals surface area contributed by atoms with Crippen LogP contribution in [0.15, 0.2) is 36.7 Å². The molecule has 2 N–H and O–H groups in total. The van der Waals surface area contributed by atoms with Gasteiger partial charge in [0.2, 0.25) is 0 Å². The van der Waals surface area contributed by atoms with Crippen LogP contribution in [0, 0.1) is 5.82 Å². The van der Waals surface area contributed by atoms with Gasteiger partial charge in [0.05, 0.1) is 18.0 Å². The summed E-state index contributed by atoms with van der Waals surface area (Å²) in [4.78, 5) is 0. The first-order chi connectivity index (χ1) is 10.2. The second-order valence-corrected chi connectivity index (χ2v) is 5.66. The maximum absolute atomic E-state index is 12.9. The SMILES string of the molecule is OC1CCC(NCc2cnn(-c3ccc(F)cc3)c2)CC1. The zero-order chi connectivity index (χ0) is 14.7. The second kappa shape index (κ2) is 6.37. The molecule has 0 unspecified atom stereocenters. The van der Waals surface area contributed by atoms with E-state index in [-0.39, 0.29) is 11.9 Å². The molecule has 21 heavy (non-hydrogen) atoms. The Hall–Kier alpha value is -1.72. The molecule has 1 aromatic heterocycles. The molecule has 0 spiro atoms. The van der Waals surface area contributed by atoms with E-state index in [1.807, 2.05) is 12.4 Å². The summed E-state index contributed by atoms with van der Waals surface area (Å²) in [5, 5.41) is 17.3. The van der Waals surface area contributed by atoms with E-state index in [2.05, 4.69) is 10.4 Å². The normalized spacial score (nSPS) is 22.4. The molecule has 0 atom stereocenters. The summed E-state index contributed by atoms with van der Waals surface area (Å²) < 4.78 is 14.7. The molecule has 0 bridgehead atoms. The Labute approximate surface area is 123 Å². The predicted octanol–water partition coefficient (Wildman–Crippen LogP) is 2.40. The molecular formula is C16H20FN3O. The third-order valence-electron chi connectivity index (χ3n) is 4.02. The minimum absolute atomic E-state index is 0.121. The molecule has 1 aromatic carbocycles. The molecular weight excluding hydrogens is 269 g/mol. The molecule has 2 aromatic rings. The van der Waals surface area contributed by atoms with Gasteiger partial charge in [0.15, 0.2) is 0 Å². The lowest BCUT2D eigenvalue weighted by Gasteiger charge is -2.26. The van der Waals surface area contributed by atoms with E-state index in [0.29, 0.717) is 6.04 Å². The van der Waals surface area contributed by atoms with Gasteiger partial charge in [-0.1, -0.05) is 0 Å². The van der Waals surface area contributed by atoms with Gasteiger partial charge >= 0.3 is 0 Å². The molecule has 1 aliphatic carbocycles. The Balaban J connectivity index is 1.56. The topological polar surface area (TPSA) is 50.1 Å². The summed E-state index contributed by atoms with van der Waals surface area (Å²) in [6.07, 6.45) is 7.47. The Kier molecular flexibility index (Phi) is 4.31. The first-order valence-corrected chi connectivity index (χ1v) is 7.41. The number of aromatic nitrogens is 2. The monoisotopic (exact) mass is 289 g/mol. The number of aliphatic hydroxyl groups excluding tert-OH is 1. The van der Waals surface area contributed by atoms with Crippen LogP contribution in [-0.4, -0.2) is 27.0 Å². The molecule has 0 radical (unpaired) electrons. The van der Waals surface area contributed by atoms with Gasteiger partial charge in [0.1, 0.15) is 5.82 Å². The van der Waals surface area contributed by atoms with Crippen LogP contribution >= 0.6 is 0 Å². The van der Waals surface area contributed by atoms with Crippen molar-refractivity contribution in [2.24, 2.45) is 0 Å². The molecule has 1 saturated carbocycles. The van der Waals surface area contributed by atoms with Crippen molar-refractivity contribution in [3.05, 3.63) is 48.0 Å². The fourth-order valence-electron chi connectivity index (χ4n) is 2.73. The van der Waals surface area contributed by atoms with E-state index in [1.54, 1.807) is 16.8 Å². The zero-order valence-corrected chi connectivity index (χ0v) is 11.9. The van der Waals surface area contributed by atoms with Gasteiger partial charge in [-0.05, 0) is 49.9 Å². The van der Waals surface area contributed by atoms with E-state index in [0.717, 1.165) is 43.5 Å². The van der Waals surface area contributed by atoms with Crippen molar-refractivity contribution in [1.29, 1.82) is 0 Å². The number of hydrogen-bond donors (Lipinski definition) is 2. The number of rotatable bonds is 4. The number of nitrogens with one attached hydrogen (secondary N) is 1. The van der Waals surface area contributed by atoms with Crippen LogP contribution in [0.2, 0.25) is 0 Å². The first-order valence-electron chi connectivity index (χ1n) is 7.41. The number of aliphatic hydroxyl groups is 1. The average Bonchev–Trinajstić information content (AvgIpc) is 2.96. The van der Waals surface area contributed by atoms with Crippen LogP contribution in [0.25, 0.3) is 5.69 Å². The van der Waals surface area contributed by atoms with Crippen molar-refractivity contribution in [3.63, 3.8) is 0 Å². The van der Waals surface area contributed by atoms with Crippen molar-refractivity contribution in [2.45, 2.75) is 44.4 Å².